The van der Waals surface area contributed by atoms with Gasteiger partial charge in [-0.1, -0.05) is 74.5 Å². The summed E-state index contributed by atoms with van der Waals surface area (Å²) in [6.07, 6.45) is -0.349. The van der Waals surface area contributed by atoms with Gasteiger partial charge in [0.2, 0.25) is 5.91 Å². The number of carboxylic acids is 1. The molecular formula is C34H40N2O6. The van der Waals surface area contributed by atoms with Crippen LogP contribution >= 0.6 is 0 Å². The highest BCUT2D eigenvalue weighted by molar-refractivity contribution is 5.89. The molecule has 0 bridgehead atoms. The van der Waals surface area contributed by atoms with Gasteiger partial charge in [-0.15, -0.1) is 0 Å². The summed E-state index contributed by atoms with van der Waals surface area (Å²) in [7, 11) is 0. The molecule has 0 fully saturated rings. The summed E-state index contributed by atoms with van der Waals surface area (Å²) < 4.78 is 11.6. The van der Waals surface area contributed by atoms with E-state index in [0.29, 0.717) is 5.75 Å². The molecule has 8 heteroatoms. The number of ether oxygens (including phenoxy) is 2. The van der Waals surface area contributed by atoms with Crippen molar-refractivity contribution < 1.29 is 29.0 Å². The van der Waals surface area contributed by atoms with Crippen LogP contribution in [0.5, 0.6) is 5.75 Å². The molecule has 0 aliphatic heterocycles. The molecule has 0 saturated carbocycles. The third kappa shape index (κ3) is 7.90. The van der Waals surface area contributed by atoms with Crippen LogP contribution in [0.2, 0.25) is 0 Å². The van der Waals surface area contributed by atoms with Crippen LogP contribution < -0.4 is 15.4 Å². The summed E-state index contributed by atoms with van der Waals surface area (Å²) in [6.45, 7) is 9.73. The summed E-state index contributed by atoms with van der Waals surface area (Å²) >= 11 is 0. The van der Waals surface area contributed by atoms with E-state index in [1.807, 2.05) is 95.3 Å². The predicted molar refractivity (Wildman–Crippen MR) is 162 cm³/mol. The molecule has 0 heterocycles. The normalized spacial score (nSPS) is 14.0. The fourth-order valence-electron chi connectivity index (χ4n) is 5.24. The van der Waals surface area contributed by atoms with Gasteiger partial charge in [0.05, 0.1) is 0 Å². The lowest BCUT2D eigenvalue weighted by molar-refractivity contribution is -0.142. The van der Waals surface area contributed by atoms with E-state index in [2.05, 4.69) is 22.8 Å². The van der Waals surface area contributed by atoms with Gasteiger partial charge in [0, 0.05) is 12.3 Å². The van der Waals surface area contributed by atoms with Crippen molar-refractivity contribution in [2.24, 2.45) is 5.92 Å². The molecule has 0 aromatic heterocycles. The number of rotatable bonds is 11. The first-order chi connectivity index (χ1) is 19.9. The molecule has 0 unspecified atom stereocenters. The lowest BCUT2D eigenvalue weighted by atomic mass is 9.98. The standard InChI is InChI=1S/C34H40N2O6/c1-21(2)18-30(32(38)39)35-31(37)29(19-22-14-16-23(17-15-22)42-34(3,4)5)36-33(40)41-20-28-26-12-8-6-10-24(26)25-11-7-9-13-27(25)28/h6-17,21,28-30H,18-20H2,1-5H3,(H,35,37)(H,36,40)(H,38,39)/t29-,30-/m0/s1. The SMILES string of the molecule is CC(C)C[C@H](NC(=O)[C@H](Cc1ccc(OC(C)(C)C)cc1)NC(=O)OCC1c2ccccc2-c2ccccc21)C(=O)O. The van der Waals surface area contributed by atoms with E-state index < -0.39 is 30.1 Å². The largest absolute Gasteiger partial charge is 0.488 e. The topological polar surface area (TPSA) is 114 Å². The highest BCUT2D eigenvalue weighted by atomic mass is 16.5. The Labute approximate surface area is 247 Å². The van der Waals surface area contributed by atoms with Crippen molar-refractivity contribution in [3.05, 3.63) is 89.5 Å². The minimum atomic E-state index is -1.12. The number of hydrogen-bond donors (Lipinski definition) is 3. The first-order valence-electron chi connectivity index (χ1n) is 14.3. The van der Waals surface area contributed by atoms with E-state index in [-0.39, 0.29) is 36.9 Å². The van der Waals surface area contributed by atoms with Gasteiger partial charge in [-0.2, -0.15) is 0 Å². The second-order valence-corrected chi connectivity index (χ2v) is 12.1. The maximum atomic E-state index is 13.4. The second-order valence-electron chi connectivity index (χ2n) is 12.1. The van der Waals surface area contributed by atoms with Crippen LogP contribution in [0.3, 0.4) is 0 Å². The Morgan fingerprint density at radius 2 is 1.40 bits per heavy atom. The zero-order valence-corrected chi connectivity index (χ0v) is 24.8. The Kier molecular flexibility index (Phi) is 9.55. The van der Waals surface area contributed by atoms with Gasteiger partial charge < -0.3 is 25.2 Å². The van der Waals surface area contributed by atoms with Crippen LogP contribution in [0.25, 0.3) is 11.1 Å². The zero-order valence-electron chi connectivity index (χ0n) is 24.8. The third-order valence-electron chi connectivity index (χ3n) is 7.06. The highest BCUT2D eigenvalue weighted by Crippen LogP contribution is 2.44. The molecule has 3 aromatic rings. The van der Waals surface area contributed by atoms with Gasteiger partial charge in [0.15, 0.2) is 0 Å². The van der Waals surface area contributed by atoms with E-state index in [1.165, 1.54) is 0 Å². The van der Waals surface area contributed by atoms with Crippen LogP contribution in [-0.4, -0.2) is 47.4 Å². The molecule has 42 heavy (non-hydrogen) atoms. The van der Waals surface area contributed by atoms with Crippen molar-refractivity contribution >= 4 is 18.0 Å². The molecule has 3 N–H and O–H groups in total. The molecule has 0 spiro atoms. The molecule has 1 aliphatic carbocycles. The number of hydrogen-bond acceptors (Lipinski definition) is 5. The molecule has 2 amide bonds. The van der Waals surface area contributed by atoms with E-state index in [4.69, 9.17) is 9.47 Å². The van der Waals surface area contributed by atoms with Gasteiger partial charge in [-0.25, -0.2) is 9.59 Å². The van der Waals surface area contributed by atoms with Crippen LogP contribution in [0.1, 0.15) is 63.6 Å². The Balaban J connectivity index is 1.48. The maximum absolute atomic E-state index is 13.4. The van der Waals surface area contributed by atoms with Crippen LogP contribution in [0, 0.1) is 5.92 Å². The summed E-state index contributed by atoms with van der Waals surface area (Å²) in [5.41, 5.74) is 4.79. The van der Waals surface area contributed by atoms with Crippen LogP contribution in [0.15, 0.2) is 72.8 Å². The lowest BCUT2D eigenvalue weighted by Crippen LogP contribution is -2.53. The van der Waals surface area contributed by atoms with Gasteiger partial charge in [-0.3, -0.25) is 4.79 Å². The second kappa shape index (κ2) is 13.1. The first-order valence-corrected chi connectivity index (χ1v) is 14.3. The molecule has 3 aromatic carbocycles. The maximum Gasteiger partial charge on any atom is 0.407 e. The smallest absolute Gasteiger partial charge is 0.407 e. The first kappa shape index (κ1) is 30.6. The van der Waals surface area contributed by atoms with E-state index >= 15 is 0 Å². The van der Waals surface area contributed by atoms with Crippen molar-refractivity contribution in [3.63, 3.8) is 0 Å². The van der Waals surface area contributed by atoms with Crippen molar-refractivity contribution in [3.8, 4) is 16.9 Å². The summed E-state index contributed by atoms with van der Waals surface area (Å²) in [4.78, 5) is 38.3. The minimum absolute atomic E-state index is 0.0512. The van der Waals surface area contributed by atoms with E-state index in [0.717, 1.165) is 27.8 Å². The Hall–Kier alpha value is -4.33. The van der Waals surface area contributed by atoms with Crippen molar-refractivity contribution in [2.45, 2.75) is 71.1 Å². The molecular weight excluding hydrogens is 532 g/mol. The number of alkyl carbamates (subject to hydrolysis) is 1. The highest BCUT2D eigenvalue weighted by Gasteiger charge is 2.31. The van der Waals surface area contributed by atoms with Gasteiger partial charge in [0.1, 0.15) is 30.0 Å². The summed E-state index contributed by atoms with van der Waals surface area (Å²) in [6, 6.07) is 21.2. The number of nitrogens with one attached hydrogen (secondary N) is 2. The molecule has 4 rings (SSSR count). The van der Waals surface area contributed by atoms with E-state index in [9.17, 15) is 19.5 Å². The molecule has 0 radical (unpaired) electrons. The Morgan fingerprint density at radius 3 is 1.93 bits per heavy atom. The lowest BCUT2D eigenvalue weighted by Gasteiger charge is -2.23. The molecule has 2 atom stereocenters. The van der Waals surface area contributed by atoms with Crippen LogP contribution in [-0.2, 0) is 20.7 Å². The van der Waals surface area contributed by atoms with E-state index in [1.54, 1.807) is 0 Å². The fraction of sp³-hybridized carbons (Fsp3) is 0.382. The van der Waals surface area contributed by atoms with Crippen molar-refractivity contribution in [1.29, 1.82) is 0 Å². The molecule has 222 valence electrons. The fourth-order valence-corrected chi connectivity index (χ4v) is 5.24. The molecule has 8 nitrogen and oxygen atoms in total. The number of carboxylic acid groups (broad SMARTS) is 1. The molecule has 1 aliphatic rings. The third-order valence-corrected chi connectivity index (χ3v) is 7.06. The summed E-state index contributed by atoms with van der Waals surface area (Å²) in [5.74, 6) is -1.12. The quantitative estimate of drug-likeness (QED) is 0.263. The van der Waals surface area contributed by atoms with Gasteiger partial charge in [-0.05, 0) is 73.1 Å². The average Bonchev–Trinajstić information content (AvgIpc) is 3.24. The minimum Gasteiger partial charge on any atom is -0.488 e. The number of amides is 2. The Bertz CT molecular complexity index is 1360. The van der Waals surface area contributed by atoms with Crippen LogP contribution in [0.4, 0.5) is 4.79 Å². The number of fused-ring (bicyclic) bond motifs is 3. The monoisotopic (exact) mass is 572 g/mol. The zero-order chi connectivity index (χ0) is 30.4. The van der Waals surface area contributed by atoms with Crippen molar-refractivity contribution in [2.75, 3.05) is 6.61 Å². The van der Waals surface area contributed by atoms with Gasteiger partial charge in [0.25, 0.3) is 0 Å². The van der Waals surface area contributed by atoms with Crippen molar-refractivity contribution in [1.82, 2.24) is 10.6 Å². The number of carbonyl (C=O) groups is 3. The average molecular weight is 573 g/mol. The Morgan fingerprint density at radius 1 is 0.833 bits per heavy atom. The molecule has 0 saturated heterocycles. The number of aliphatic carboxylic acids is 1. The summed E-state index contributed by atoms with van der Waals surface area (Å²) in [5, 5.41) is 15.0. The number of benzene rings is 3. The predicted octanol–water partition coefficient (Wildman–Crippen LogP) is 5.93. The number of carbonyl (C=O) groups excluding carboxylic acids is 2. The van der Waals surface area contributed by atoms with Gasteiger partial charge >= 0.3 is 12.1 Å².